The number of hydrogen-bond donors (Lipinski definition) is 0. The molecule has 1 saturated carbocycles. The minimum atomic E-state index is 0.265. The van der Waals surface area contributed by atoms with Crippen LogP contribution in [0.25, 0.3) is 0 Å². The fourth-order valence-corrected chi connectivity index (χ4v) is 3.22. The highest BCUT2D eigenvalue weighted by atomic mass is 16.5. The van der Waals surface area contributed by atoms with Gasteiger partial charge in [-0.1, -0.05) is 27.7 Å². The van der Waals surface area contributed by atoms with E-state index in [9.17, 15) is 4.79 Å². The van der Waals surface area contributed by atoms with Crippen molar-refractivity contribution in [1.29, 1.82) is 0 Å². The topological polar surface area (TPSA) is 26.3 Å². The summed E-state index contributed by atoms with van der Waals surface area (Å²) in [6.07, 6.45) is 3.02. The molecule has 17 heavy (non-hydrogen) atoms. The van der Waals surface area contributed by atoms with Gasteiger partial charge in [0.05, 0.1) is 0 Å². The molecule has 0 saturated heterocycles. The molecule has 0 amide bonds. The van der Waals surface area contributed by atoms with Crippen molar-refractivity contribution in [1.82, 2.24) is 0 Å². The van der Waals surface area contributed by atoms with Crippen molar-refractivity contribution >= 4 is 5.78 Å². The van der Waals surface area contributed by atoms with Crippen molar-refractivity contribution in [3.63, 3.8) is 0 Å². The van der Waals surface area contributed by atoms with E-state index in [-0.39, 0.29) is 5.92 Å². The maximum atomic E-state index is 12.3. The highest BCUT2D eigenvalue weighted by Gasteiger charge is 2.36. The molecule has 0 heterocycles. The first-order valence-electron chi connectivity index (χ1n) is 6.97. The summed E-state index contributed by atoms with van der Waals surface area (Å²) in [5, 5.41) is 0. The molecular weight excluding hydrogens is 212 g/mol. The number of carbonyl (C=O) groups excluding carboxylic acids is 1. The Labute approximate surface area is 106 Å². The first-order chi connectivity index (χ1) is 7.95. The zero-order valence-electron chi connectivity index (χ0n) is 12.0. The predicted molar refractivity (Wildman–Crippen MR) is 70.9 cm³/mol. The lowest BCUT2D eigenvalue weighted by atomic mass is 9.67. The van der Waals surface area contributed by atoms with E-state index in [1.54, 1.807) is 7.11 Å². The number of methoxy groups -OCH3 is 1. The lowest BCUT2D eigenvalue weighted by Crippen LogP contribution is -2.37. The highest BCUT2D eigenvalue weighted by molar-refractivity contribution is 5.81. The molecule has 0 radical (unpaired) electrons. The first-order valence-corrected chi connectivity index (χ1v) is 6.97. The summed E-state index contributed by atoms with van der Waals surface area (Å²) in [5.74, 6) is 2.92. The second-order valence-corrected chi connectivity index (χ2v) is 6.32. The van der Waals surface area contributed by atoms with Gasteiger partial charge in [-0.15, -0.1) is 0 Å². The van der Waals surface area contributed by atoms with E-state index >= 15 is 0 Å². The van der Waals surface area contributed by atoms with Crippen LogP contribution in [0, 0.1) is 29.6 Å². The van der Waals surface area contributed by atoms with E-state index in [0.29, 0.717) is 29.5 Å². The standard InChI is InChI=1S/C15H28O2/c1-10(2)6-15(16)14-8-11(3)7-13(9-17-5)12(14)4/h10-14H,6-9H2,1-5H3/t11?,12?,13?,14-/m1/s1. The Hall–Kier alpha value is -0.370. The number of ether oxygens (including phenoxy) is 1. The average Bonchev–Trinajstić information content (AvgIpc) is 2.22. The van der Waals surface area contributed by atoms with Crippen molar-refractivity contribution in [3.05, 3.63) is 0 Å². The molecule has 0 aromatic carbocycles. The van der Waals surface area contributed by atoms with Crippen molar-refractivity contribution in [2.75, 3.05) is 13.7 Å². The summed E-state index contributed by atoms with van der Waals surface area (Å²) in [6.45, 7) is 9.56. The van der Waals surface area contributed by atoms with Crippen molar-refractivity contribution in [2.24, 2.45) is 29.6 Å². The molecule has 4 atom stereocenters. The fourth-order valence-electron chi connectivity index (χ4n) is 3.22. The largest absolute Gasteiger partial charge is 0.384 e. The normalized spacial score (nSPS) is 34.0. The van der Waals surface area contributed by atoms with Crippen LogP contribution < -0.4 is 0 Å². The Morgan fingerprint density at radius 3 is 2.47 bits per heavy atom. The van der Waals surface area contributed by atoms with Gasteiger partial charge in [-0.2, -0.15) is 0 Å². The Balaban J connectivity index is 2.66. The second-order valence-electron chi connectivity index (χ2n) is 6.32. The van der Waals surface area contributed by atoms with Crippen molar-refractivity contribution < 1.29 is 9.53 Å². The Morgan fingerprint density at radius 2 is 1.94 bits per heavy atom. The van der Waals surface area contributed by atoms with Crippen molar-refractivity contribution in [2.45, 2.75) is 47.0 Å². The van der Waals surface area contributed by atoms with Crippen LogP contribution in [-0.2, 0) is 9.53 Å². The fraction of sp³-hybridized carbons (Fsp3) is 0.933. The van der Waals surface area contributed by atoms with Crippen LogP contribution in [0.1, 0.15) is 47.0 Å². The maximum absolute atomic E-state index is 12.3. The van der Waals surface area contributed by atoms with Gasteiger partial charge in [0.25, 0.3) is 0 Å². The summed E-state index contributed by atoms with van der Waals surface area (Å²) in [4.78, 5) is 12.3. The van der Waals surface area contributed by atoms with Crippen LogP contribution in [0.15, 0.2) is 0 Å². The van der Waals surface area contributed by atoms with Gasteiger partial charge in [0.1, 0.15) is 5.78 Å². The quantitative estimate of drug-likeness (QED) is 0.734. The number of carbonyl (C=O) groups is 1. The molecule has 0 aromatic rings. The summed E-state index contributed by atoms with van der Waals surface area (Å²) < 4.78 is 5.30. The van der Waals surface area contributed by atoms with Crippen molar-refractivity contribution in [3.8, 4) is 0 Å². The van der Waals surface area contributed by atoms with Gasteiger partial charge < -0.3 is 4.74 Å². The minimum absolute atomic E-state index is 0.265. The van der Waals surface area contributed by atoms with E-state index < -0.39 is 0 Å². The highest BCUT2D eigenvalue weighted by Crippen LogP contribution is 2.39. The number of ketones is 1. The van der Waals surface area contributed by atoms with Gasteiger partial charge in [-0.05, 0) is 36.5 Å². The SMILES string of the molecule is COCC1CC(C)C[C@@H](C(=O)CC(C)C)C1C. The third kappa shape index (κ3) is 4.09. The van der Waals surface area contributed by atoms with E-state index in [1.165, 1.54) is 6.42 Å². The van der Waals surface area contributed by atoms with E-state index in [0.717, 1.165) is 19.4 Å². The average molecular weight is 240 g/mol. The molecule has 0 aliphatic heterocycles. The predicted octanol–water partition coefficient (Wildman–Crippen LogP) is 3.55. The van der Waals surface area contributed by atoms with Gasteiger partial charge in [-0.3, -0.25) is 4.79 Å². The molecule has 2 nitrogen and oxygen atoms in total. The molecule has 1 fully saturated rings. The van der Waals surface area contributed by atoms with Gasteiger partial charge in [0.2, 0.25) is 0 Å². The Kier molecular flexibility index (Phi) is 5.64. The zero-order valence-corrected chi connectivity index (χ0v) is 12.0. The van der Waals surface area contributed by atoms with Gasteiger partial charge in [0.15, 0.2) is 0 Å². The monoisotopic (exact) mass is 240 g/mol. The molecule has 1 rings (SSSR count). The van der Waals surface area contributed by atoms with E-state index in [2.05, 4.69) is 27.7 Å². The molecule has 3 unspecified atom stereocenters. The number of hydrogen-bond acceptors (Lipinski definition) is 2. The molecule has 0 aromatic heterocycles. The summed E-state index contributed by atoms with van der Waals surface area (Å²) in [7, 11) is 1.76. The molecule has 100 valence electrons. The molecule has 1 aliphatic carbocycles. The van der Waals surface area contributed by atoms with Gasteiger partial charge >= 0.3 is 0 Å². The zero-order chi connectivity index (χ0) is 13.0. The maximum Gasteiger partial charge on any atom is 0.136 e. The van der Waals surface area contributed by atoms with E-state index in [4.69, 9.17) is 4.74 Å². The summed E-state index contributed by atoms with van der Waals surface area (Å²) in [5.41, 5.74) is 0. The molecule has 1 aliphatic rings. The summed E-state index contributed by atoms with van der Waals surface area (Å²) >= 11 is 0. The van der Waals surface area contributed by atoms with Crippen LogP contribution in [0.2, 0.25) is 0 Å². The Morgan fingerprint density at radius 1 is 1.29 bits per heavy atom. The molecule has 0 spiro atoms. The number of rotatable bonds is 5. The van der Waals surface area contributed by atoms with Crippen LogP contribution in [0.5, 0.6) is 0 Å². The van der Waals surface area contributed by atoms with Crippen LogP contribution in [0.4, 0.5) is 0 Å². The summed E-state index contributed by atoms with van der Waals surface area (Å²) in [6, 6.07) is 0. The van der Waals surface area contributed by atoms with E-state index in [1.807, 2.05) is 0 Å². The van der Waals surface area contributed by atoms with Crippen LogP contribution >= 0.6 is 0 Å². The van der Waals surface area contributed by atoms with Gasteiger partial charge in [-0.25, -0.2) is 0 Å². The molecule has 0 N–H and O–H groups in total. The molecular formula is C15H28O2. The van der Waals surface area contributed by atoms with Gasteiger partial charge in [0, 0.05) is 26.1 Å². The minimum Gasteiger partial charge on any atom is -0.384 e. The third-order valence-electron chi connectivity index (χ3n) is 4.14. The molecule has 0 bridgehead atoms. The van der Waals surface area contributed by atoms with Crippen LogP contribution in [0.3, 0.4) is 0 Å². The number of Topliss-reactive ketones (excluding diaryl/α,β-unsaturated/α-hetero) is 1. The lowest BCUT2D eigenvalue weighted by molar-refractivity contribution is -0.128. The van der Waals surface area contributed by atoms with Crippen LogP contribution in [-0.4, -0.2) is 19.5 Å². The smallest absolute Gasteiger partial charge is 0.136 e. The lowest BCUT2D eigenvalue weighted by Gasteiger charge is -2.38. The Bertz CT molecular complexity index is 247. The third-order valence-corrected chi connectivity index (χ3v) is 4.14. The second kappa shape index (κ2) is 6.53. The first kappa shape index (κ1) is 14.7. The molecule has 2 heteroatoms.